The Labute approximate surface area is 353 Å². The molecule has 3 nitrogen and oxygen atoms in total. The highest BCUT2D eigenvalue weighted by Crippen LogP contribution is 2.46. The van der Waals surface area contributed by atoms with Crippen LogP contribution in [0.15, 0.2) is 233 Å². The predicted molar refractivity (Wildman–Crippen MR) is 255 cm³/mol. The summed E-state index contributed by atoms with van der Waals surface area (Å²) in [5, 5.41) is 6.88. The molecule has 12 aromatic rings. The molecule has 0 radical (unpaired) electrons. The number of nitrogens with zero attached hydrogens (tertiary/aromatic N) is 1. The first-order chi connectivity index (χ1) is 30.3. The molecule has 0 unspecified atom stereocenters. The van der Waals surface area contributed by atoms with E-state index in [9.17, 15) is 0 Å². The van der Waals surface area contributed by atoms with Gasteiger partial charge in [-0.3, -0.25) is 0 Å². The Balaban J connectivity index is 1.01. The van der Waals surface area contributed by atoms with Gasteiger partial charge in [-0.05, 0) is 92.2 Å². The summed E-state index contributed by atoms with van der Waals surface area (Å²) in [4.78, 5) is 2.32. The van der Waals surface area contributed by atoms with Crippen LogP contribution in [-0.4, -0.2) is 0 Å². The number of para-hydroxylation sites is 3. The minimum Gasteiger partial charge on any atom is -0.456 e. The summed E-state index contributed by atoms with van der Waals surface area (Å²) in [5.41, 5.74) is 15.8. The number of furan rings is 2. The van der Waals surface area contributed by atoms with Crippen molar-refractivity contribution in [3.8, 4) is 44.5 Å². The van der Waals surface area contributed by atoms with Crippen LogP contribution in [0.4, 0.5) is 17.1 Å². The number of hydrogen-bond donors (Lipinski definition) is 0. The lowest BCUT2D eigenvalue weighted by Gasteiger charge is -2.26. The van der Waals surface area contributed by atoms with Crippen LogP contribution in [0.25, 0.3) is 99.2 Å². The second kappa shape index (κ2) is 14.3. The largest absolute Gasteiger partial charge is 0.456 e. The fraction of sp³-hybridized carbons (Fsp3) is 0. The van der Waals surface area contributed by atoms with Gasteiger partial charge < -0.3 is 13.7 Å². The van der Waals surface area contributed by atoms with E-state index in [0.29, 0.717) is 0 Å². The van der Waals surface area contributed by atoms with Gasteiger partial charge in [-0.2, -0.15) is 0 Å². The van der Waals surface area contributed by atoms with Gasteiger partial charge in [0.15, 0.2) is 5.58 Å². The minimum absolute atomic E-state index is 0.839. The van der Waals surface area contributed by atoms with Crippen molar-refractivity contribution < 1.29 is 8.83 Å². The van der Waals surface area contributed by atoms with Gasteiger partial charge in [0.05, 0.1) is 5.69 Å². The standard InChI is InChI=1S/C58H37NO2/c1-3-14-38(15-4-1)44-36-37-45(49-19-8-7-18-48(44)49)40-28-32-42(33-29-40)59(43-34-30-41(31-35-43)46-21-13-27-55-56(46)52-20-9-10-26-54(52)60-55)53-25-12-24-51-50-23-11-22-47(57(50)61-58(51)53)39-16-5-2-6-17-39/h1-37H. The molecule has 0 aliphatic rings. The maximum absolute atomic E-state index is 7.00. The highest BCUT2D eigenvalue weighted by atomic mass is 16.3. The van der Waals surface area contributed by atoms with Crippen molar-refractivity contribution in [2.75, 3.05) is 4.90 Å². The molecule has 0 spiro atoms. The van der Waals surface area contributed by atoms with Gasteiger partial charge in [-0.15, -0.1) is 0 Å². The lowest BCUT2D eigenvalue weighted by atomic mass is 9.92. The number of fused-ring (bicyclic) bond motifs is 7. The summed E-state index contributed by atoms with van der Waals surface area (Å²) in [6.45, 7) is 0. The van der Waals surface area contributed by atoms with Crippen LogP contribution in [-0.2, 0) is 0 Å². The van der Waals surface area contributed by atoms with Crippen LogP contribution in [0.2, 0.25) is 0 Å². The topological polar surface area (TPSA) is 29.5 Å². The zero-order chi connectivity index (χ0) is 40.3. The van der Waals surface area contributed by atoms with Crippen molar-refractivity contribution in [3.05, 3.63) is 224 Å². The normalized spacial score (nSPS) is 11.6. The zero-order valence-electron chi connectivity index (χ0n) is 33.1. The molecule has 2 heterocycles. The monoisotopic (exact) mass is 779 g/mol. The number of benzene rings is 10. The van der Waals surface area contributed by atoms with Gasteiger partial charge in [0, 0.05) is 38.5 Å². The third-order valence-electron chi connectivity index (χ3n) is 12.1. The first-order valence-corrected chi connectivity index (χ1v) is 20.7. The molecule has 0 fully saturated rings. The maximum atomic E-state index is 7.00. The first kappa shape index (κ1) is 34.9. The predicted octanol–water partition coefficient (Wildman–Crippen LogP) is 16.8. The molecule has 12 rings (SSSR count). The summed E-state index contributed by atoms with van der Waals surface area (Å²) >= 11 is 0. The van der Waals surface area contributed by atoms with E-state index in [1.807, 2.05) is 12.1 Å². The summed E-state index contributed by atoms with van der Waals surface area (Å²) in [5.74, 6) is 0. The second-order valence-corrected chi connectivity index (χ2v) is 15.6. The number of hydrogen-bond acceptors (Lipinski definition) is 3. The van der Waals surface area contributed by atoms with E-state index in [0.717, 1.165) is 88.8 Å². The molecule has 10 aromatic carbocycles. The van der Waals surface area contributed by atoms with Crippen LogP contribution in [0.5, 0.6) is 0 Å². The lowest BCUT2D eigenvalue weighted by Crippen LogP contribution is -2.10. The van der Waals surface area contributed by atoms with E-state index in [-0.39, 0.29) is 0 Å². The summed E-state index contributed by atoms with van der Waals surface area (Å²) in [6.07, 6.45) is 0. The Morgan fingerprint density at radius 3 is 1.38 bits per heavy atom. The molecular formula is C58H37NO2. The fourth-order valence-electron chi connectivity index (χ4n) is 9.27. The molecule has 0 saturated heterocycles. The molecule has 286 valence electrons. The van der Waals surface area contributed by atoms with Crippen LogP contribution < -0.4 is 4.90 Å². The molecule has 3 heteroatoms. The molecule has 0 amide bonds. The molecule has 0 aliphatic heterocycles. The Morgan fingerprint density at radius 2 is 0.721 bits per heavy atom. The van der Waals surface area contributed by atoms with Crippen molar-refractivity contribution in [2.45, 2.75) is 0 Å². The Bertz CT molecular complexity index is 3560. The summed E-state index contributed by atoms with van der Waals surface area (Å²) in [7, 11) is 0. The summed E-state index contributed by atoms with van der Waals surface area (Å²) in [6, 6.07) is 79.7. The van der Waals surface area contributed by atoms with Crippen molar-refractivity contribution in [2.24, 2.45) is 0 Å². The zero-order valence-corrected chi connectivity index (χ0v) is 33.1. The van der Waals surface area contributed by atoms with E-state index in [1.54, 1.807) is 0 Å². The molecular weight excluding hydrogens is 743 g/mol. The van der Waals surface area contributed by atoms with Crippen molar-refractivity contribution in [1.82, 2.24) is 0 Å². The van der Waals surface area contributed by atoms with Gasteiger partial charge in [0.1, 0.15) is 16.7 Å². The van der Waals surface area contributed by atoms with E-state index < -0.39 is 0 Å². The maximum Gasteiger partial charge on any atom is 0.159 e. The van der Waals surface area contributed by atoms with E-state index >= 15 is 0 Å². The molecule has 0 aliphatic carbocycles. The Morgan fingerprint density at radius 1 is 0.262 bits per heavy atom. The van der Waals surface area contributed by atoms with Gasteiger partial charge >= 0.3 is 0 Å². The number of anilines is 3. The third kappa shape index (κ3) is 5.82. The van der Waals surface area contributed by atoms with Crippen LogP contribution in [0, 0.1) is 0 Å². The van der Waals surface area contributed by atoms with E-state index in [2.05, 4.69) is 217 Å². The van der Waals surface area contributed by atoms with Gasteiger partial charge in [-0.25, -0.2) is 0 Å². The second-order valence-electron chi connectivity index (χ2n) is 15.6. The van der Waals surface area contributed by atoms with Gasteiger partial charge in [-0.1, -0.05) is 182 Å². The Kier molecular flexibility index (Phi) is 8.17. The van der Waals surface area contributed by atoms with Crippen molar-refractivity contribution in [3.63, 3.8) is 0 Å². The van der Waals surface area contributed by atoms with E-state index in [1.165, 1.54) is 27.5 Å². The van der Waals surface area contributed by atoms with Crippen LogP contribution in [0.3, 0.4) is 0 Å². The molecule has 2 aromatic heterocycles. The highest BCUT2D eigenvalue weighted by molar-refractivity contribution is 6.14. The lowest BCUT2D eigenvalue weighted by molar-refractivity contribution is 0.669. The average Bonchev–Trinajstić information content (AvgIpc) is 3.92. The van der Waals surface area contributed by atoms with Gasteiger partial charge in [0.2, 0.25) is 0 Å². The number of rotatable bonds is 7. The third-order valence-corrected chi connectivity index (χ3v) is 12.1. The highest BCUT2D eigenvalue weighted by Gasteiger charge is 2.22. The van der Waals surface area contributed by atoms with Crippen molar-refractivity contribution in [1.29, 1.82) is 0 Å². The SMILES string of the molecule is c1ccc(-c2ccc(-c3ccc(N(c4ccc(-c5cccc6oc7ccccc7c56)cc4)c4cccc5c4oc4c(-c6ccccc6)cccc45)cc3)c3ccccc23)cc1. The molecule has 0 saturated carbocycles. The fourth-order valence-corrected chi connectivity index (χ4v) is 9.27. The molecule has 0 bridgehead atoms. The van der Waals surface area contributed by atoms with Crippen molar-refractivity contribution >= 4 is 71.7 Å². The van der Waals surface area contributed by atoms with Gasteiger partial charge in [0.25, 0.3) is 0 Å². The van der Waals surface area contributed by atoms with E-state index in [4.69, 9.17) is 8.83 Å². The molecule has 0 N–H and O–H groups in total. The quantitative estimate of drug-likeness (QED) is 0.161. The smallest absolute Gasteiger partial charge is 0.159 e. The summed E-state index contributed by atoms with van der Waals surface area (Å²) < 4.78 is 13.3. The Hall–Kier alpha value is -8.14. The average molecular weight is 780 g/mol. The minimum atomic E-state index is 0.839. The van der Waals surface area contributed by atoms with Crippen LogP contribution >= 0.6 is 0 Å². The molecule has 61 heavy (non-hydrogen) atoms. The van der Waals surface area contributed by atoms with Crippen LogP contribution in [0.1, 0.15) is 0 Å². The molecule has 0 atom stereocenters. The first-order valence-electron chi connectivity index (χ1n) is 20.7.